The van der Waals surface area contributed by atoms with E-state index in [0.29, 0.717) is 29.4 Å². The summed E-state index contributed by atoms with van der Waals surface area (Å²) in [4.78, 5) is 13.0. The van der Waals surface area contributed by atoms with Crippen LogP contribution in [0.4, 0.5) is 5.82 Å². The van der Waals surface area contributed by atoms with E-state index in [1.165, 1.54) is 6.26 Å². The van der Waals surface area contributed by atoms with Crippen LogP contribution in [-0.2, 0) is 16.9 Å². The number of carbonyl (C=O) groups is 1. The van der Waals surface area contributed by atoms with Gasteiger partial charge in [-0.3, -0.25) is 9.48 Å². The first kappa shape index (κ1) is 14.4. The number of anilines is 1. The maximum Gasteiger partial charge on any atom is 0.169 e. The van der Waals surface area contributed by atoms with Crippen molar-refractivity contribution in [2.45, 2.75) is 12.3 Å². The van der Waals surface area contributed by atoms with Crippen molar-refractivity contribution in [3.63, 3.8) is 0 Å². The van der Waals surface area contributed by atoms with E-state index in [1.807, 2.05) is 0 Å². The highest BCUT2D eigenvalue weighted by molar-refractivity contribution is 8.01. The van der Waals surface area contributed by atoms with Crippen LogP contribution in [0.3, 0.4) is 0 Å². The molecule has 0 spiro atoms. The lowest BCUT2D eigenvalue weighted by Gasteiger charge is -2.35. The summed E-state index contributed by atoms with van der Waals surface area (Å²) in [5, 5.41) is 3.62. The van der Waals surface area contributed by atoms with E-state index in [4.69, 9.17) is 0 Å². The van der Waals surface area contributed by atoms with E-state index in [2.05, 4.69) is 5.10 Å². The SMILES string of the molecule is Cc1nn(C)c(N2CCSCC2S(C)(=O)=O)c1C=O. The number of nitrogens with zero attached hydrogens (tertiary/aromatic N) is 3. The third-order valence-electron chi connectivity index (χ3n) is 3.21. The Morgan fingerprint density at radius 1 is 1.47 bits per heavy atom. The lowest BCUT2D eigenvalue weighted by atomic mass is 10.2. The number of aromatic nitrogens is 2. The van der Waals surface area contributed by atoms with E-state index < -0.39 is 15.2 Å². The summed E-state index contributed by atoms with van der Waals surface area (Å²) in [7, 11) is -1.48. The first-order valence-corrected chi connectivity index (χ1v) is 8.99. The van der Waals surface area contributed by atoms with Gasteiger partial charge in [-0.25, -0.2) is 8.42 Å². The summed E-state index contributed by atoms with van der Waals surface area (Å²) >= 11 is 1.62. The van der Waals surface area contributed by atoms with Crippen LogP contribution in [0.15, 0.2) is 0 Å². The Morgan fingerprint density at radius 2 is 2.16 bits per heavy atom. The second-order valence-corrected chi connectivity index (χ2v) is 7.97. The molecule has 6 nitrogen and oxygen atoms in total. The minimum atomic E-state index is -3.21. The molecule has 1 atom stereocenters. The van der Waals surface area contributed by atoms with Gasteiger partial charge < -0.3 is 4.90 Å². The molecule has 19 heavy (non-hydrogen) atoms. The van der Waals surface area contributed by atoms with Gasteiger partial charge in [0.05, 0.1) is 11.3 Å². The van der Waals surface area contributed by atoms with Crippen LogP contribution in [0, 0.1) is 6.92 Å². The molecule has 0 aromatic carbocycles. The van der Waals surface area contributed by atoms with Crippen molar-refractivity contribution in [2.75, 3.05) is 29.2 Å². The van der Waals surface area contributed by atoms with Crippen molar-refractivity contribution in [2.24, 2.45) is 7.05 Å². The van der Waals surface area contributed by atoms with Crippen molar-refractivity contribution < 1.29 is 13.2 Å². The minimum Gasteiger partial charge on any atom is -0.338 e. The second-order valence-electron chi connectivity index (χ2n) is 4.62. The number of aldehydes is 1. The van der Waals surface area contributed by atoms with Gasteiger partial charge in [0.1, 0.15) is 11.2 Å². The van der Waals surface area contributed by atoms with Gasteiger partial charge in [0, 0.05) is 31.4 Å². The first-order valence-electron chi connectivity index (χ1n) is 5.88. The fraction of sp³-hybridized carbons (Fsp3) is 0.636. The fourth-order valence-electron chi connectivity index (χ4n) is 2.32. The van der Waals surface area contributed by atoms with Crippen LogP contribution in [-0.4, -0.2) is 54.2 Å². The summed E-state index contributed by atoms with van der Waals surface area (Å²) in [5.41, 5.74) is 1.10. The van der Waals surface area contributed by atoms with E-state index in [0.717, 1.165) is 12.0 Å². The molecule has 0 N–H and O–H groups in total. The van der Waals surface area contributed by atoms with Crippen molar-refractivity contribution in [1.29, 1.82) is 0 Å². The van der Waals surface area contributed by atoms with Crippen LogP contribution >= 0.6 is 11.8 Å². The highest BCUT2D eigenvalue weighted by Gasteiger charge is 2.34. The molecule has 0 bridgehead atoms. The van der Waals surface area contributed by atoms with Gasteiger partial charge in [-0.2, -0.15) is 16.9 Å². The molecule has 106 valence electrons. The molecule has 1 aromatic heterocycles. The molecular weight excluding hydrogens is 286 g/mol. The van der Waals surface area contributed by atoms with E-state index in [9.17, 15) is 13.2 Å². The Balaban J connectivity index is 2.52. The number of aryl methyl sites for hydroxylation is 2. The zero-order valence-electron chi connectivity index (χ0n) is 11.2. The molecule has 1 unspecified atom stereocenters. The van der Waals surface area contributed by atoms with Gasteiger partial charge in [-0.15, -0.1) is 0 Å². The summed E-state index contributed by atoms with van der Waals surface area (Å²) in [5.74, 6) is 1.96. The number of hydrogen-bond donors (Lipinski definition) is 0. The molecule has 0 saturated carbocycles. The van der Waals surface area contributed by atoms with Gasteiger partial charge in [0.15, 0.2) is 16.1 Å². The Kier molecular flexibility index (Phi) is 3.91. The van der Waals surface area contributed by atoms with Crippen LogP contribution in [0.2, 0.25) is 0 Å². The third-order valence-corrected chi connectivity index (χ3v) is 5.85. The smallest absolute Gasteiger partial charge is 0.169 e. The Bertz CT molecular complexity index is 595. The highest BCUT2D eigenvalue weighted by atomic mass is 32.2. The van der Waals surface area contributed by atoms with Gasteiger partial charge in [-0.05, 0) is 6.92 Å². The van der Waals surface area contributed by atoms with Gasteiger partial charge in [-0.1, -0.05) is 0 Å². The molecule has 2 heterocycles. The van der Waals surface area contributed by atoms with Crippen LogP contribution in [0.25, 0.3) is 0 Å². The number of sulfone groups is 1. The Hall–Kier alpha value is -1.02. The largest absolute Gasteiger partial charge is 0.338 e. The normalized spacial score (nSPS) is 20.6. The molecule has 0 radical (unpaired) electrons. The van der Waals surface area contributed by atoms with Crippen molar-refractivity contribution in [1.82, 2.24) is 9.78 Å². The van der Waals surface area contributed by atoms with E-state index in [1.54, 1.807) is 35.3 Å². The summed E-state index contributed by atoms with van der Waals surface area (Å²) in [6, 6.07) is 0. The molecule has 1 aliphatic heterocycles. The number of rotatable bonds is 3. The molecule has 8 heteroatoms. The quantitative estimate of drug-likeness (QED) is 0.756. The summed E-state index contributed by atoms with van der Waals surface area (Å²) < 4.78 is 25.4. The molecular formula is C11H17N3O3S2. The molecule has 1 fully saturated rings. The van der Waals surface area contributed by atoms with E-state index >= 15 is 0 Å². The van der Waals surface area contributed by atoms with E-state index in [-0.39, 0.29) is 0 Å². The predicted molar refractivity (Wildman–Crippen MR) is 76.6 cm³/mol. The monoisotopic (exact) mass is 303 g/mol. The Labute approximate surface area is 117 Å². The average Bonchev–Trinajstić information content (AvgIpc) is 2.62. The van der Waals surface area contributed by atoms with Crippen LogP contribution < -0.4 is 4.90 Å². The van der Waals surface area contributed by atoms with Crippen molar-refractivity contribution in [3.8, 4) is 0 Å². The molecule has 1 aromatic rings. The topological polar surface area (TPSA) is 72.3 Å². The third kappa shape index (κ3) is 2.64. The zero-order valence-corrected chi connectivity index (χ0v) is 12.8. The zero-order chi connectivity index (χ0) is 14.2. The number of thioether (sulfide) groups is 1. The van der Waals surface area contributed by atoms with Crippen LogP contribution in [0.5, 0.6) is 0 Å². The molecule has 0 aliphatic carbocycles. The first-order chi connectivity index (χ1) is 8.86. The number of hydrogen-bond acceptors (Lipinski definition) is 6. The molecule has 0 amide bonds. The number of carbonyl (C=O) groups excluding carboxylic acids is 1. The summed E-state index contributed by atoms with van der Waals surface area (Å²) in [6.45, 7) is 2.35. The molecule has 2 rings (SSSR count). The van der Waals surface area contributed by atoms with Gasteiger partial charge in [0.25, 0.3) is 0 Å². The average molecular weight is 303 g/mol. The van der Waals surface area contributed by atoms with Crippen molar-refractivity contribution >= 4 is 33.7 Å². The maximum absolute atomic E-state index is 11.9. The lowest BCUT2D eigenvalue weighted by molar-refractivity contribution is 0.112. The second kappa shape index (κ2) is 5.16. The molecule has 1 aliphatic rings. The standard InChI is InChI=1S/C11H17N3O3S2/c1-8-9(6-15)11(13(2)12-8)14-4-5-18-7-10(14)19(3,16)17/h6,10H,4-5,7H2,1-3H3. The summed E-state index contributed by atoms with van der Waals surface area (Å²) in [6.07, 6.45) is 1.99. The lowest BCUT2D eigenvalue weighted by Crippen LogP contribution is -2.48. The predicted octanol–water partition coefficient (Wildman–Crippen LogP) is 0.465. The van der Waals surface area contributed by atoms with Gasteiger partial charge >= 0.3 is 0 Å². The highest BCUT2D eigenvalue weighted by Crippen LogP contribution is 2.29. The minimum absolute atomic E-state index is 0.475. The Morgan fingerprint density at radius 3 is 2.74 bits per heavy atom. The van der Waals surface area contributed by atoms with Crippen LogP contribution in [0.1, 0.15) is 16.1 Å². The van der Waals surface area contributed by atoms with Crippen molar-refractivity contribution in [3.05, 3.63) is 11.3 Å². The van der Waals surface area contributed by atoms with Gasteiger partial charge in [0.2, 0.25) is 0 Å². The molecule has 1 saturated heterocycles. The fourth-order valence-corrected chi connectivity index (χ4v) is 5.14. The maximum atomic E-state index is 11.9.